The lowest BCUT2D eigenvalue weighted by atomic mass is 9.67. The van der Waals surface area contributed by atoms with Crippen molar-refractivity contribution in [1.29, 1.82) is 0 Å². The number of fused-ring (bicyclic) bond motifs is 7. The minimum atomic E-state index is -0.455. The van der Waals surface area contributed by atoms with Crippen molar-refractivity contribution < 1.29 is 0 Å². The lowest BCUT2D eigenvalue weighted by Gasteiger charge is -2.34. The lowest BCUT2D eigenvalue weighted by molar-refractivity contribution is 0.770. The molecule has 2 aliphatic carbocycles. The number of nitrogens with zero attached hydrogens (tertiary/aromatic N) is 1. The van der Waals surface area contributed by atoms with E-state index in [2.05, 4.69) is 209 Å². The van der Waals surface area contributed by atoms with Crippen LogP contribution in [0, 0.1) is 0 Å². The van der Waals surface area contributed by atoms with Crippen LogP contribution >= 0.6 is 0 Å². The quantitative estimate of drug-likeness (QED) is 0.178. The molecule has 2 nitrogen and oxygen atoms in total. The minimum Gasteiger partial charge on any atom is -0.361 e. The first-order chi connectivity index (χ1) is 26.8. The zero-order chi connectivity index (χ0) is 35.9. The number of para-hydroxylation sites is 3. The summed E-state index contributed by atoms with van der Waals surface area (Å²) in [5.41, 5.74) is 17.9. The van der Waals surface area contributed by atoms with Gasteiger partial charge in [-0.05, 0) is 105 Å². The molecule has 0 spiro atoms. The fraction of sp³-hybridized carbons (Fsp3) is 0.0192. The van der Waals surface area contributed by atoms with Crippen LogP contribution in [0.15, 0.2) is 224 Å². The van der Waals surface area contributed by atoms with Gasteiger partial charge >= 0.3 is 0 Å². The second kappa shape index (κ2) is 13.1. The van der Waals surface area contributed by atoms with Gasteiger partial charge in [0.2, 0.25) is 0 Å². The monoisotopic (exact) mass is 688 g/mol. The molecule has 11 rings (SSSR count). The van der Waals surface area contributed by atoms with Gasteiger partial charge in [0.25, 0.3) is 0 Å². The van der Waals surface area contributed by atoms with Gasteiger partial charge < -0.3 is 9.55 Å². The zero-order valence-electron chi connectivity index (χ0n) is 29.7. The summed E-state index contributed by atoms with van der Waals surface area (Å²) in [5, 5.41) is 3.76. The van der Waals surface area contributed by atoms with Gasteiger partial charge in [0, 0.05) is 33.7 Å². The summed E-state index contributed by atoms with van der Waals surface area (Å²) >= 11 is 0. The largest absolute Gasteiger partial charge is 0.361 e. The Kier molecular flexibility index (Phi) is 7.69. The number of rotatable bonds is 4. The van der Waals surface area contributed by atoms with Crippen LogP contribution in [0.1, 0.15) is 27.8 Å². The van der Waals surface area contributed by atoms with Crippen molar-refractivity contribution in [3.63, 3.8) is 0 Å². The van der Waals surface area contributed by atoms with E-state index in [9.17, 15) is 0 Å². The SMILES string of the molecule is C1=CC=C2C(=CC=1c1ccc3c(c1)c1ccccc1n3-c1ccccc1)C(c1ccccc1)(c1ccccc1)c1ccccc12.c1ccc2[nH]ccc2c1. The molecule has 54 heavy (non-hydrogen) atoms. The highest BCUT2D eigenvalue weighted by atomic mass is 15.0. The van der Waals surface area contributed by atoms with E-state index in [-0.39, 0.29) is 0 Å². The van der Waals surface area contributed by atoms with Crippen molar-refractivity contribution in [2.45, 2.75) is 5.41 Å². The van der Waals surface area contributed by atoms with Crippen LogP contribution in [0.3, 0.4) is 0 Å². The third kappa shape index (κ3) is 5.04. The van der Waals surface area contributed by atoms with Crippen molar-refractivity contribution >= 4 is 43.9 Å². The number of hydrogen-bond acceptors (Lipinski definition) is 0. The summed E-state index contributed by atoms with van der Waals surface area (Å²) in [4.78, 5) is 3.12. The Morgan fingerprint density at radius 3 is 1.96 bits per heavy atom. The number of aromatic nitrogens is 2. The van der Waals surface area contributed by atoms with Crippen LogP contribution in [0.4, 0.5) is 0 Å². The Bertz CT molecular complexity index is 2880. The Morgan fingerprint density at radius 2 is 1.19 bits per heavy atom. The second-order valence-electron chi connectivity index (χ2n) is 13.9. The molecule has 0 fully saturated rings. The number of H-pyrrole nitrogens is 1. The zero-order valence-corrected chi connectivity index (χ0v) is 29.7. The van der Waals surface area contributed by atoms with Crippen LogP contribution in [0.5, 0.6) is 0 Å². The molecule has 2 aromatic heterocycles. The average Bonchev–Trinajstić information content (AvgIpc) is 3.88. The van der Waals surface area contributed by atoms with Gasteiger partial charge in [-0.15, -0.1) is 5.73 Å². The highest BCUT2D eigenvalue weighted by Gasteiger charge is 2.48. The van der Waals surface area contributed by atoms with Gasteiger partial charge in [-0.1, -0.05) is 146 Å². The van der Waals surface area contributed by atoms with Crippen molar-refractivity contribution in [3.05, 3.63) is 252 Å². The van der Waals surface area contributed by atoms with Crippen molar-refractivity contribution in [3.8, 4) is 5.69 Å². The van der Waals surface area contributed by atoms with Crippen LogP contribution < -0.4 is 0 Å². The van der Waals surface area contributed by atoms with Crippen LogP contribution in [-0.2, 0) is 5.41 Å². The summed E-state index contributed by atoms with van der Waals surface area (Å²) in [5.74, 6) is 0. The minimum absolute atomic E-state index is 0.455. The summed E-state index contributed by atoms with van der Waals surface area (Å²) in [6.07, 6.45) is 8.71. The summed E-state index contributed by atoms with van der Waals surface area (Å²) in [6.45, 7) is 0. The maximum Gasteiger partial charge on any atom is 0.0714 e. The molecule has 0 saturated heterocycles. The van der Waals surface area contributed by atoms with Gasteiger partial charge in [-0.2, -0.15) is 0 Å². The summed E-state index contributed by atoms with van der Waals surface area (Å²) in [6, 6.07) is 67.4. The lowest BCUT2D eigenvalue weighted by Crippen LogP contribution is -2.28. The Balaban J connectivity index is 0.000000350. The number of hydrogen-bond donors (Lipinski definition) is 1. The van der Waals surface area contributed by atoms with Crippen molar-refractivity contribution in [1.82, 2.24) is 9.55 Å². The summed E-state index contributed by atoms with van der Waals surface area (Å²) in [7, 11) is 0. The molecule has 2 aliphatic rings. The first kappa shape index (κ1) is 31.6. The molecule has 9 aromatic rings. The van der Waals surface area contributed by atoms with E-state index in [1.807, 2.05) is 18.3 Å². The maximum absolute atomic E-state index is 3.68. The number of nitrogens with one attached hydrogen (secondary N) is 1. The Hall–Kier alpha value is -7.12. The fourth-order valence-corrected chi connectivity index (χ4v) is 8.63. The molecule has 0 unspecified atom stereocenters. The van der Waals surface area contributed by atoms with Gasteiger partial charge in [-0.3, -0.25) is 0 Å². The van der Waals surface area contributed by atoms with Crippen molar-refractivity contribution in [2.24, 2.45) is 0 Å². The molecular formula is C52H36N2. The van der Waals surface area contributed by atoms with E-state index in [1.54, 1.807) is 0 Å². The molecule has 7 aromatic carbocycles. The molecule has 254 valence electrons. The number of benzene rings is 7. The molecular weight excluding hydrogens is 653 g/mol. The van der Waals surface area contributed by atoms with E-state index in [4.69, 9.17) is 0 Å². The summed E-state index contributed by atoms with van der Waals surface area (Å²) < 4.78 is 2.37. The van der Waals surface area contributed by atoms with E-state index in [0.29, 0.717) is 0 Å². The second-order valence-corrected chi connectivity index (χ2v) is 13.9. The van der Waals surface area contributed by atoms with Gasteiger partial charge in [-0.25, -0.2) is 0 Å². The molecule has 0 saturated carbocycles. The van der Waals surface area contributed by atoms with Gasteiger partial charge in [0.1, 0.15) is 0 Å². The van der Waals surface area contributed by atoms with E-state index >= 15 is 0 Å². The van der Waals surface area contributed by atoms with E-state index in [1.165, 1.54) is 71.8 Å². The standard InChI is InChI=1S/C44H29N.C8H7N/c1-4-16-33(17-5-1)44(34-18-6-2-7-19-34)40-25-12-10-22-36(40)37-24-14-15-31(30-41(37)44)32-27-28-43-39(29-32)38-23-11-13-26-42(38)45(43)35-20-8-3-9-21-35;1-2-4-8-7(3-1)5-6-9-8/h1-14,16-30H;1-6,9H. The van der Waals surface area contributed by atoms with Gasteiger partial charge in [0.05, 0.1) is 16.4 Å². The third-order valence-electron chi connectivity index (χ3n) is 11.0. The highest BCUT2D eigenvalue weighted by Crippen LogP contribution is 2.58. The molecule has 1 N–H and O–H groups in total. The highest BCUT2D eigenvalue weighted by molar-refractivity contribution is 6.10. The first-order valence-electron chi connectivity index (χ1n) is 18.5. The van der Waals surface area contributed by atoms with Crippen molar-refractivity contribution in [2.75, 3.05) is 0 Å². The molecule has 2 heterocycles. The van der Waals surface area contributed by atoms with Gasteiger partial charge in [0.15, 0.2) is 0 Å². The third-order valence-corrected chi connectivity index (χ3v) is 11.0. The molecule has 0 atom stereocenters. The molecule has 0 bridgehead atoms. The predicted octanol–water partition coefficient (Wildman–Crippen LogP) is 12.9. The first-order valence-corrected chi connectivity index (χ1v) is 18.5. The molecule has 0 aliphatic heterocycles. The Morgan fingerprint density at radius 1 is 0.537 bits per heavy atom. The van der Waals surface area contributed by atoms with Crippen LogP contribution in [0.25, 0.3) is 49.5 Å². The molecule has 0 amide bonds. The van der Waals surface area contributed by atoms with E-state index in [0.717, 1.165) is 11.1 Å². The van der Waals surface area contributed by atoms with Crippen LogP contribution in [-0.4, -0.2) is 9.55 Å². The Labute approximate surface area is 315 Å². The normalized spacial score (nSPS) is 14.0. The van der Waals surface area contributed by atoms with Crippen LogP contribution in [0.2, 0.25) is 0 Å². The topological polar surface area (TPSA) is 20.7 Å². The number of allylic oxidation sites excluding steroid dienone is 5. The molecule has 0 radical (unpaired) electrons. The molecule has 2 heteroatoms. The van der Waals surface area contributed by atoms with E-state index < -0.39 is 5.41 Å². The smallest absolute Gasteiger partial charge is 0.0714 e. The maximum atomic E-state index is 3.68. The average molecular weight is 689 g/mol. The predicted molar refractivity (Wildman–Crippen MR) is 226 cm³/mol. The fourth-order valence-electron chi connectivity index (χ4n) is 8.63. The number of aromatic amines is 1.